The van der Waals surface area contributed by atoms with E-state index >= 15 is 0 Å². The van der Waals surface area contributed by atoms with E-state index in [1.807, 2.05) is 24.4 Å². The molecule has 0 spiro atoms. The van der Waals surface area contributed by atoms with E-state index in [2.05, 4.69) is 37.2 Å². The fourth-order valence-electron chi connectivity index (χ4n) is 5.40. The number of benzene rings is 1. The van der Waals surface area contributed by atoms with Crippen LogP contribution in [0.15, 0.2) is 56.2 Å². The summed E-state index contributed by atoms with van der Waals surface area (Å²) in [6.45, 7) is 3.27. The molecule has 1 aromatic rings. The second-order valence-electron chi connectivity index (χ2n) is 9.52. The lowest BCUT2D eigenvalue weighted by Gasteiger charge is -2.35. The molecule has 174 valence electrons. The molecule has 5 rings (SSSR count). The maximum absolute atomic E-state index is 12.7. The number of hydrogen-bond donors (Lipinski definition) is 2. The predicted molar refractivity (Wildman–Crippen MR) is 135 cm³/mol. The quantitative estimate of drug-likeness (QED) is 0.615. The average Bonchev–Trinajstić information content (AvgIpc) is 3.38. The SMILES string of the molecule is O=C(C1CCCC1)N1CCC(CNC2=CC(c3ccccc3O)=NC3=C(Br)C=NCC23)CC1. The van der Waals surface area contributed by atoms with Gasteiger partial charge in [0.05, 0.1) is 28.4 Å². The summed E-state index contributed by atoms with van der Waals surface area (Å²) in [5.74, 6) is 1.51. The first kappa shape index (κ1) is 22.4. The first-order chi connectivity index (χ1) is 16.1. The Morgan fingerprint density at radius 2 is 1.91 bits per heavy atom. The summed E-state index contributed by atoms with van der Waals surface area (Å²) in [6, 6.07) is 7.32. The number of likely N-dealkylation sites (tertiary alicyclic amines) is 1. The maximum Gasteiger partial charge on any atom is 0.225 e. The molecule has 1 aliphatic carbocycles. The first-order valence-electron chi connectivity index (χ1n) is 12.1. The minimum atomic E-state index is 0.0861. The van der Waals surface area contributed by atoms with E-state index < -0.39 is 0 Å². The average molecular weight is 511 g/mol. The number of dihydropyridines is 2. The maximum atomic E-state index is 12.7. The number of nitrogens with zero attached hydrogens (tertiary/aromatic N) is 3. The first-order valence-corrected chi connectivity index (χ1v) is 12.9. The highest BCUT2D eigenvalue weighted by Crippen LogP contribution is 2.34. The second-order valence-corrected chi connectivity index (χ2v) is 10.4. The Morgan fingerprint density at radius 3 is 2.67 bits per heavy atom. The van der Waals surface area contributed by atoms with Gasteiger partial charge >= 0.3 is 0 Å². The number of fused-ring (bicyclic) bond motifs is 1. The zero-order valence-electron chi connectivity index (χ0n) is 18.8. The van der Waals surface area contributed by atoms with E-state index in [0.29, 0.717) is 18.4 Å². The van der Waals surface area contributed by atoms with Crippen LogP contribution in [-0.4, -0.2) is 54.0 Å². The van der Waals surface area contributed by atoms with E-state index in [0.717, 1.165) is 72.5 Å². The van der Waals surface area contributed by atoms with Gasteiger partial charge in [0.1, 0.15) is 5.75 Å². The minimum absolute atomic E-state index is 0.0861. The van der Waals surface area contributed by atoms with Crippen LogP contribution in [0.25, 0.3) is 0 Å². The number of hydrogen-bond acceptors (Lipinski definition) is 5. The summed E-state index contributed by atoms with van der Waals surface area (Å²) >= 11 is 3.62. The van der Waals surface area contributed by atoms with Gasteiger partial charge in [-0.25, -0.2) is 0 Å². The zero-order valence-corrected chi connectivity index (χ0v) is 20.4. The molecule has 1 unspecified atom stereocenters. The molecule has 0 bridgehead atoms. The molecule has 2 N–H and O–H groups in total. The standard InChI is InChI=1S/C26H31BrN4O2/c27-21-16-28-15-20-22(13-23(30-25(20)21)19-7-3-4-8-24(19)32)29-14-17-9-11-31(12-10-17)26(33)18-5-1-2-6-18/h3-4,7-8,13,16-18,20,29,32H,1-2,5-6,9-12,14-15H2. The molecule has 3 aliphatic heterocycles. The van der Waals surface area contributed by atoms with Gasteiger partial charge < -0.3 is 15.3 Å². The lowest BCUT2D eigenvalue weighted by molar-refractivity contribution is -0.136. The van der Waals surface area contributed by atoms with Crippen LogP contribution in [0.4, 0.5) is 0 Å². The highest BCUT2D eigenvalue weighted by Gasteiger charge is 2.32. The largest absolute Gasteiger partial charge is 0.507 e. The highest BCUT2D eigenvalue weighted by molar-refractivity contribution is 9.12. The topological polar surface area (TPSA) is 77.3 Å². The van der Waals surface area contributed by atoms with Gasteiger partial charge in [0.15, 0.2) is 0 Å². The van der Waals surface area contributed by atoms with Crippen molar-refractivity contribution < 1.29 is 9.90 Å². The van der Waals surface area contributed by atoms with Crippen LogP contribution in [0.3, 0.4) is 0 Å². The number of phenols is 1. The van der Waals surface area contributed by atoms with Crippen molar-refractivity contribution in [3.63, 3.8) is 0 Å². The molecule has 1 amide bonds. The van der Waals surface area contributed by atoms with E-state index in [4.69, 9.17) is 4.99 Å². The summed E-state index contributed by atoms with van der Waals surface area (Å²) in [6.07, 6.45) is 10.5. The van der Waals surface area contributed by atoms with Crippen LogP contribution in [0, 0.1) is 17.8 Å². The van der Waals surface area contributed by atoms with Gasteiger partial charge in [0.25, 0.3) is 0 Å². The Balaban J connectivity index is 1.26. The second kappa shape index (κ2) is 9.84. The number of piperidine rings is 1. The zero-order chi connectivity index (χ0) is 22.8. The molecule has 1 saturated heterocycles. The number of carbonyl (C=O) groups is 1. The van der Waals surface area contributed by atoms with Gasteiger partial charge in [-0.05, 0) is 65.7 Å². The van der Waals surface area contributed by atoms with Gasteiger partial charge in [0, 0.05) is 43.0 Å². The van der Waals surface area contributed by atoms with Gasteiger partial charge in [-0.2, -0.15) is 0 Å². The summed E-state index contributed by atoms with van der Waals surface area (Å²) in [4.78, 5) is 24.2. The fraction of sp³-hybridized carbons (Fsp3) is 0.500. The third-order valence-corrected chi connectivity index (χ3v) is 7.99. The normalized spacial score (nSPS) is 23.9. The number of halogens is 1. The molecule has 0 aromatic heterocycles. The molecule has 1 atom stereocenters. The number of carbonyl (C=O) groups excluding carboxylic acids is 1. The van der Waals surface area contributed by atoms with Crippen LogP contribution in [-0.2, 0) is 4.79 Å². The van der Waals surface area contributed by atoms with Crippen molar-refractivity contribution in [1.82, 2.24) is 10.2 Å². The number of phenolic OH excluding ortho intramolecular Hbond substituents is 1. The number of allylic oxidation sites excluding steroid dienone is 2. The predicted octanol–water partition coefficient (Wildman–Crippen LogP) is 4.40. The van der Waals surface area contributed by atoms with Crippen LogP contribution < -0.4 is 5.32 Å². The Kier molecular flexibility index (Phi) is 6.67. The van der Waals surface area contributed by atoms with E-state index in [1.54, 1.807) is 6.07 Å². The molecule has 1 saturated carbocycles. The van der Waals surface area contributed by atoms with Crippen molar-refractivity contribution in [2.24, 2.45) is 27.7 Å². The lowest BCUT2D eigenvalue weighted by atomic mass is 9.91. The molecular weight excluding hydrogens is 480 g/mol. The van der Waals surface area contributed by atoms with Crippen LogP contribution in [0.1, 0.15) is 44.1 Å². The smallest absolute Gasteiger partial charge is 0.225 e. The monoisotopic (exact) mass is 510 g/mol. The van der Waals surface area contributed by atoms with Gasteiger partial charge in [-0.3, -0.25) is 14.8 Å². The number of para-hydroxylation sites is 1. The number of aromatic hydroxyl groups is 1. The van der Waals surface area contributed by atoms with Crippen molar-refractivity contribution >= 4 is 33.8 Å². The number of nitrogens with one attached hydrogen (secondary N) is 1. The Morgan fingerprint density at radius 1 is 1.15 bits per heavy atom. The van der Waals surface area contributed by atoms with Gasteiger partial charge in [0.2, 0.25) is 5.91 Å². The van der Waals surface area contributed by atoms with Crippen molar-refractivity contribution in [1.29, 1.82) is 0 Å². The third kappa shape index (κ3) is 4.79. The Hall–Kier alpha value is -2.41. The molecule has 4 aliphatic rings. The minimum Gasteiger partial charge on any atom is -0.507 e. The van der Waals surface area contributed by atoms with E-state index in [-0.39, 0.29) is 17.6 Å². The summed E-state index contributed by atoms with van der Waals surface area (Å²) in [5.41, 5.74) is 3.53. The van der Waals surface area contributed by atoms with Crippen molar-refractivity contribution in [2.75, 3.05) is 26.2 Å². The fourth-order valence-corrected chi connectivity index (χ4v) is 5.91. The van der Waals surface area contributed by atoms with Crippen molar-refractivity contribution in [2.45, 2.75) is 38.5 Å². The van der Waals surface area contributed by atoms with Crippen LogP contribution >= 0.6 is 15.9 Å². The molecule has 2 fully saturated rings. The molecule has 1 aromatic carbocycles. The number of rotatable bonds is 5. The summed E-state index contributed by atoms with van der Waals surface area (Å²) in [7, 11) is 0. The molecule has 0 radical (unpaired) electrons. The van der Waals surface area contributed by atoms with Crippen molar-refractivity contribution in [3.8, 4) is 5.75 Å². The van der Waals surface area contributed by atoms with Gasteiger partial charge in [-0.1, -0.05) is 25.0 Å². The van der Waals surface area contributed by atoms with E-state index in [9.17, 15) is 9.90 Å². The van der Waals surface area contributed by atoms with Crippen molar-refractivity contribution in [3.05, 3.63) is 51.8 Å². The third-order valence-electron chi connectivity index (χ3n) is 7.38. The lowest BCUT2D eigenvalue weighted by Crippen LogP contribution is -2.43. The molecule has 7 heteroatoms. The van der Waals surface area contributed by atoms with Crippen LogP contribution in [0.5, 0.6) is 5.75 Å². The van der Waals surface area contributed by atoms with E-state index in [1.165, 1.54) is 12.8 Å². The van der Waals surface area contributed by atoms with Gasteiger partial charge in [-0.15, -0.1) is 0 Å². The summed E-state index contributed by atoms with van der Waals surface area (Å²) in [5, 5.41) is 14.1. The molecule has 3 heterocycles. The molecular formula is C26H31BrN4O2. The van der Waals surface area contributed by atoms with Crippen LogP contribution in [0.2, 0.25) is 0 Å². The number of amides is 1. The highest BCUT2D eigenvalue weighted by atomic mass is 79.9. The summed E-state index contributed by atoms with van der Waals surface area (Å²) < 4.78 is 0.887. The molecule has 33 heavy (non-hydrogen) atoms. The Bertz CT molecular complexity index is 1030. The number of aliphatic imine (C=N–C) groups is 2. The Labute approximate surface area is 203 Å². The molecule has 6 nitrogen and oxygen atoms in total.